The third-order valence-corrected chi connectivity index (χ3v) is 3.55. The molecule has 1 aromatic rings. The molecule has 2 rings (SSSR count). The maximum Gasteiger partial charge on any atom is 0.183 e. The molecule has 0 amide bonds. The van der Waals surface area contributed by atoms with E-state index in [1.807, 2.05) is 44.2 Å². The van der Waals surface area contributed by atoms with Crippen LogP contribution in [-0.2, 0) is 20.8 Å². The predicted molar refractivity (Wildman–Crippen MR) is 79.4 cm³/mol. The van der Waals surface area contributed by atoms with Crippen LogP contribution in [0.2, 0.25) is 0 Å². The van der Waals surface area contributed by atoms with Crippen molar-refractivity contribution in [2.45, 2.75) is 57.7 Å². The second-order valence-electron chi connectivity index (χ2n) is 5.94. The molecule has 0 aliphatic carbocycles. The number of benzene rings is 1. The Morgan fingerprint density at radius 1 is 1.33 bits per heavy atom. The third-order valence-electron chi connectivity index (χ3n) is 3.55. The van der Waals surface area contributed by atoms with Gasteiger partial charge in [0, 0.05) is 6.42 Å². The van der Waals surface area contributed by atoms with Gasteiger partial charge in [-0.25, -0.2) is 0 Å². The van der Waals surface area contributed by atoms with Crippen LogP contribution in [0.3, 0.4) is 0 Å². The van der Waals surface area contributed by atoms with Gasteiger partial charge in [-0.3, -0.25) is 0 Å². The molecule has 0 N–H and O–H groups in total. The van der Waals surface area contributed by atoms with Gasteiger partial charge in [0.15, 0.2) is 11.4 Å². The number of hydrogen-bond acceptors (Lipinski definition) is 4. The van der Waals surface area contributed by atoms with Crippen molar-refractivity contribution >= 4 is 0 Å². The van der Waals surface area contributed by atoms with Crippen LogP contribution in [0.5, 0.6) is 0 Å². The summed E-state index contributed by atoms with van der Waals surface area (Å²) in [5.41, 5.74) is 0.154. The lowest BCUT2D eigenvalue weighted by Crippen LogP contribution is -2.53. The van der Waals surface area contributed by atoms with Crippen molar-refractivity contribution in [1.29, 1.82) is 5.26 Å². The van der Waals surface area contributed by atoms with E-state index in [4.69, 9.17) is 14.2 Å². The first kappa shape index (κ1) is 16.0. The van der Waals surface area contributed by atoms with E-state index in [2.05, 4.69) is 13.0 Å². The average molecular weight is 289 g/mol. The zero-order valence-electron chi connectivity index (χ0n) is 13.0. The molecule has 0 saturated carbocycles. The summed E-state index contributed by atoms with van der Waals surface area (Å²) in [5.74, 6) is -0.759. The Hall–Kier alpha value is -1.41. The van der Waals surface area contributed by atoms with Gasteiger partial charge in [0.25, 0.3) is 0 Å². The van der Waals surface area contributed by atoms with Crippen molar-refractivity contribution in [3.05, 3.63) is 35.9 Å². The first-order valence-corrected chi connectivity index (χ1v) is 7.39. The molecule has 2 atom stereocenters. The van der Waals surface area contributed by atoms with E-state index in [1.165, 1.54) is 0 Å². The molecule has 21 heavy (non-hydrogen) atoms. The molecule has 4 heteroatoms. The lowest BCUT2D eigenvalue weighted by Gasteiger charge is -2.44. The molecule has 1 aliphatic heterocycles. The van der Waals surface area contributed by atoms with Crippen LogP contribution in [0.25, 0.3) is 0 Å². The Morgan fingerprint density at radius 3 is 2.67 bits per heavy atom. The normalized spacial score (nSPS) is 28.0. The van der Waals surface area contributed by atoms with E-state index < -0.39 is 11.4 Å². The summed E-state index contributed by atoms with van der Waals surface area (Å²) < 4.78 is 17.4. The Labute approximate surface area is 126 Å². The molecule has 4 nitrogen and oxygen atoms in total. The summed E-state index contributed by atoms with van der Waals surface area (Å²) in [6.45, 7) is 6.47. The zero-order valence-corrected chi connectivity index (χ0v) is 13.0. The van der Waals surface area contributed by atoms with Crippen molar-refractivity contribution in [3.63, 3.8) is 0 Å². The number of ether oxygens (including phenoxy) is 3. The van der Waals surface area contributed by atoms with E-state index in [0.29, 0.717) is 13.0 Å². The standard InChI is InChI=1S/C17H23NO3/c1-4-15-10-17(12-18,21-16(2,3)20-15)13-19-11-14-8-6-5-7-9-14/h5-9,15H,4,10-11,13H2,1-3H3/t15-,17+/m0/s1. The highest BCUT2D eigenvalue weighted by Gasteiger charge is 2.46. The van der Waals surface area contributed by atoms with Gasteiger partial charge in [0.1, 0.15) is 6.07 Å². The summed E-state index contributed by atoms with van der Waals surface area (Å²) in [6, 6.07) is 12.2. The molecule has 114 valence electrons. The molecule has 1 aliphatic rings. The minimum absolute atomic E-state index is 0.0220. The van der Waals surface area contributed by atoms with Gasteiger partial charge in [-0.2, -0.15) is 5.26 Å². The van der Waals surface area contributed by atoms with E-state index in [1.54, 1.807) is 0 Å². The first-order chi connectivity index (χ1) is 9.99. The third kappa shape index (κ3) is 4.28. The van der Waals surface area contributed by atoms with Gasteiger partial charge in [-0.15, -0.1) is 0 Å². The van der Waals surface area contributed by atoms with Gasteiger partial charge in [-0.1, -0.05) is 37.3 Å². The average Bonchev–Trinajstić information content (AvgIpc) is 2.46. The molecule has 0 radical (unpaired) electrons. The number of hydrogen-bond donors (Lipinski definition) is 0. The van der Waals surface area contributed by atoms with Crippen molar-refractivity contribution in [2.24, 2.45) is 0 Å². The molecular weight excluding hydrogens is 266 g/mol. The number of rotatable bonds is 5. The Kier molecular flexibility index (Phi) is 5.00. The fraction of sp³-hybridized carbons (Fsp3) is 0.588. The van der Waals surface area contributed by atoms with Crippen molar-refractivity contribution < 1.29 is 14.2 Å². The topological polar surface area (TPSA) is 51.5 Å². The molecule has 0 unspecified atom stereocenters. The fourth-order valence-electron chi connectivity index (χ4n) is 2.67. The second-order valence-corrected chi connectivity index (χ2v) is 5.94. The molecule has 0 bridgehead atoms. The lowest BCUT2D eigenvalue weighted by molar-refractivity contribution is -0.327. The highest BCUT2D eigenvalue weighted by molar-refractivity contribution is 5.13. The minimum atomic E-state index is -0.933. The molecule has 1 heterocycles. The lowest BCUT2D eigenvalue weighted by atomic mass is 9.94. The van der Waals surface area contributed by atoms with Crippen LogP contribution in [0.4, 0.5) is 0 Å². The smallest absolute Gasteiger partial charge is 0.183 e. The van der Waals surface area contributed by atoms with E-state index in [-0.39, 0.29) is 12.7 Å². The molecule has 1 aromatic carbocycles. The minimum Gasteiger partial charge on any atom is -0.373 e. The maximum absolute atomic E-state index is 9.57. The van der Waals surface area contributed by atoms with Crippen molar-refractivity contribution in [2.75, 3.05) is 6.61 Å². The summed E-state index contributed by atoms with van der Waals surface area (Å²) in [4.78, 5) is 0. The number of nitriles is 1. The molecule has 0 aromatic heterocycles. The number of nitrogens with zero attached hydrogens (tertiary/aromatic N) is 1. The summed E-state index contributed by atoms with van der Waals surface area (Å²) >= 11 is 0. The van der Waals surface area contributed by atoms with Gasteiger partial charge in [-0.05, 0) is 25.8 Å². The predicted octanol–water partition coefficient (Wildman–Crippen LogP) is 3.42. The van der Waals surface area contributed by atoms with Gasteiger partial charge in [0.05, 0.1) is 19.3 Å². The highest BCUT2D eigenvalue weighted by atomic mass is 16.7. The Balaban J connectivity index is 1.99. The van der Waals surface area contributed by atoms with Crippen LogP contribution in [-0.4, -0.2) is 24.1 Å². The summed E-state index contributed by atoms with van der Waals surface area (Å²) in [7, 11) is 0. The van der Waals surface area contributed by atoms with Crippen LogP contribution >= 0.6 is 0 Å². The van der Waals surface area contributed by atoms with E-state index in [9.17, 15) is 5.26 Å². The Bertz CT molecular complexity index is 495. The molecular formula is C17H23NO3. The molecule has 0 spiro atoms. The second kappa shape index (κ2) is 6.57. The van der Waals surface area contributed by atoms with E-state index in [0.717, 1.165) is 12.0 Å². The van der Waals surface area contributed by atoms with E-state index >= 15 is 0 Å². The summed E-state index contributed by atoms with van der Waals surface area (Å²) in [6.07, 6.45) is 1.42. The van der Waals surface area contributed by atoms with Gasteiger partial charge < -0.3 is 14.2 Å². The monoisotopic (exact) mass is 289 g/mol. The maximum atomic E-state index is 9.57. The largest absolute Gasteiger partial charge is 0.373 e. The van der Waals surface area contributed by atoms with Crippen LogP contribution in [0.1, 0.15) is 39.2 Å². The highest BCUT2D eigenvalue weighted by Crippen LogP contribution is 2.35. The SMILES string of the molecule is CC[C@H]1C[C@@](C#N)(COCc2ccccc2)OC(C)(C)O1. The summed E-state index contributed by atoms with van der Waals surface area (Å²) in [5, 5.41) is 9.57. The van der Waals surface area contributed by atoms with Crippen LogP contribution in [0, 0.1) is 11.3 Å². The molecule has 1 saturated heterocycles. The van der Waals surface area contributed by atoms with Crippen molar-refractivity contribution in [3.8, 4) is 6.07 Å². The van der Waals surface area contributed by atoms with Crippen LogP contribution < -0.4 is 0 Å². The Morgan fingerprint density at radius 2 is 2.05 bits per heavy atom. The van der Waals surface area contributed by atoms with Gasteiger partial charge in [0.2, 0.25) is 0 Å². The van der Waals surface area contributed by atoms with Gasteiger partial charge >= 0.3 is 0 Å². The zero-order chi connectivity index (χ0) is 15.3. The molecule has 1 fully saturated rings. The first-order valence-electron chi connectivity index (χ1n) is 7.39. The van der Waals surface area contributed by atoms with Crippen molar-refractivity contribution in [1.82, 2.24) is 0 Å². The van der Waals surface area contributed by atoms with Crippen LogP contribution in [0.15, 0.2) is 30.3 Å². The quantitative estimate of drug-likeness (QED) is 0.833. The fourth-order valence-corrected chi connectivity index (χ4v) is 2.67.